The molecule has 5 nitrogen and oxygen atoms in total. The predicted molar refractivity (Wildman–Crippen MR) is 98.3 cm³/mol. The number of ether oxygens (including phenoxy) is 1. The highest BCUT2D eigenvalue weighted by Crippen LogP contribution is 2.20. The summed E-state index contributed by atoms with van der Waals surface area (Å²) in [5.41, 5.74) is 2.08. The van der Waals surface area contributed by atoms with Crippen LogP contribution in [0.4, 0.5) is 0 Å². The maximum absolute atomic E-state index is 11.9. The molecule has 0 saturated carbocycles. The van der Waals surface area contributed by atoms with Crippen LogP contribution >= 0.6 is 11.6 Å². The van der Waals surface area contributed by atoms with Crippen molar-refractivity contribution in [3.63, 3.8) is 0 Å². The molecule has 26 heavy (non-hydrogen) atoms. The summed E-state index contributed by atoms with van der Waals surface area (Å²) in [6.45, 7) is 1.26. The lowest BCUT2D eigenvalue weighted by molar-refractivity contribution is -0.141. The second-order valence-electron chi connectivity index (χ2n) is 6.39. The van der Waals surface area contributed by atoms with Gasteiger partial charge >= 0.3 is 5.97 Å². The van der Waals surface area contributed by atoms with Gasteiger partial charge in [-0.1, -0.05) is 35.9 Å². The number of amides is 1. The number of benzene rings is 2. The Morgan fingerprint density at radius 3 is 2.65 bits per heavy atom. The number of hydrogen-bond donors (Lipinski definition) is 1. The molecule has 1 aliphatic heterocycles. The van der Waals surface area contributed by atoms with Gasteiger partial charge in [-0.15, -0.1) is 0 Å². The van der Waals surface area contributed by atoms with E-state index in [0.29, 0.717) is 31.1 Å². The van der Waals surface area contributed by atoms with Gasteiger partial charge in [-0.25, -0.2) is 0 Å². The number of aliphatic carboxylic acids is 1. The number of halogens is 1. The molecule has 1 aliphatic rings. The van der Waals surface area contributed by atoms with E-state index >= 15 is 0 Å². The number of carboxylic acids is 1. The summed E-state index contributed by atoms with van der Waals surface area (Å²) in [5, 5.41) is 9.73. The zero-order chi connectivity index (χ0) is 18.5. The molecule has 1 saturated heterocycles. The van der Waals surface area contributed by atoms with E-state index in [2.05, 4.69) is 0 Å². The number of likely N-dealkylation sites (tertiary alicyclic amines) is 1. The van der Waals surface area contributed by atoms with Crippen LogP contribution in [0.25, 0.3) is 0 Å². The molecule has 0 aliphatic carbocycles. The lowest BCUT2D eigenvalue weighted by atomic mass is 10.1. The van der Waals surface area contributed by atoms with Crippen LogP contribution in [0.3, 0.4) is 0 Å². The molecular formula is C20H20ClNO4. The van der Waals surface area contributed by atoms with Crippen LogP contribution in [0, 0.1) is 5.92 Å². The van der Waals surface area contributed by atoms with Crippen molar-refractivity contribution in [2.24, 2.45) is 5.92 Å². The Morgan fingerprint density at radius 1 is 1.19 bits per heavy atom. The number of nitrogens with zero attached hydrogens (tertiary/aromatic N) is 1. The van der Waals surface area contributed by atoms with E-state index in [-0.39, 0.29) is 12.3 Å². The van der Waals surface area contributed by atoms with Gasteiger partial charge in [0.25, 0.3) is 0 Å². The van der Waals surface area contributed by atoms with Crippen molar-refractivity contribution in [3.05, 3.63) is 64.7 Å². The van der Waals surface area contributed by atoms with E-state index < -0.39 is 11.9 Å². The summed E-state index contributed by atoms with van der Waals surface area (Å²) < 4.78 is 5.81. The first-order valence-corrected chi connectivity index (χ1v) is 8.86. The third kappa shape index (κ3) is 4.76. The van der Waals surface area contributed by atoms with E-state index in [4.69, 9.17) is 21.4 Å². The molecule has 0 bridgehead atoms. The molecule has 3 rings (SSSR count). The van der Waals surface area contributed by atoms with Crippen molar-refractivity contribution in [1.29, 1.82) is 0 Å². The minimum Gasteiger partial charge on any atom is -0.489 e. The first kappa shape index (κ1) is 18.3. The van der Waals surface area contributed by atoms with Gasteiger partial charge in [-0.05, 0) is 41.8 Å². The van der Waals surface area contributed by atoms with Gasteiger partial charge < -0.3 is 14.7 Å². The Kier molecular flexibility index (Phi) is 5.78. The van der Waals surface area contributed by atoms with E-state index in [9.17, 15) is 9.59 Å². The van der Waals surface area contributed by atoms with Gasteiger partial charge in [0.1, 0.15) is 12.4 Å². The molecule has 1 atom stereocenters. The van der Waals surface area contributed by atoms with Gasteiger partial charge in [-0.3, -0.25) is 9.59 Å². The van der Waals surface area contributed by atoms with Gasteiger partial charge in [0, 0.05) is 24.5 Å². The fourth-order valence-electron chi connectivity index (χ4n) is 2.96. The normalized spacial score (nSPS) is 16.7. The fraction of sp³-hybridized carbons (Fsp3) is 0.300. The highest BCUT2D eigenvalue weighted by atomic mass is 35.5. The minimum atomic E-state index is -0.904. The number of hydrogen-bond acceptors (Lipinski definition) is 3. The number of carbonyl (C=O) groups excluding carboxylic acids is 1. The van der Waals surface area contributed by atoms with Crippen LogP contribution < -0.4 is 4.74 Å². The highest BCUT2D eigenvalue weighted by molar-refractivity contribution is 6.30. The van der Waals surface area contributed by atoms with Gasteiger partial charge in [0.05, 0.1) is 5.92 Å². The molecule has 2 aromatic rings. The third-order valence-corrected chi connectivity index (χ3v) is 4.70. The molecule has 0 radical (unpaired) electrons. The zero-order valence-electron chi connectivity index (χ0n) is 14.2. The summed E-state index contributed by atoms with van der Waals surface area (Å²) in [5.74, 6) is -0.823. The molecule has 1 N–H and O–H groups in total. The Morgan fingerprint density at radius 2 is 1.96 bits per heavy atom. The van der Waals surface area contributed by atoms with Crippen molar-refractivity contribution in [2.45, 2.75) is 19.4 Å². The van der Waals surface area contributed by atoms with Crippen molar-refractivity contribution in [2.75, 3.05) is 13.1 Å². The Balaban J connectivity index is 1.53. The summed E-state index contributed by atoms with van der Waals surface area (Å²) in [6, 6.07) is 15.2. The largest absolute Gasteiger partial charge is 0.489 e. The molecule has 1 heterocycles. The molecule has 136 valence electrons. The molecule has 2 aromatic carbocycles. The Hall–Kier alpha value is -2.53. The van der Waals surface area contributed by atoms with Crippen LogP contribution in [-0.4, -0.2) is 35.0 Å². The quantitative estimate of drug-likeness (QED) is 0.807. The Labute approximate surface area is 157 Å². The first-order valence-electron chi connectivity index (χ1n) is 8.48. The van der Waals surface area contributed by atoms with E-state index in [1.54, 1.807) is 4.90 Å². The van der Waals surface area contributed by atoms with Crippen LogP contribution in [0.5, 0.6) is 5.75 Å². The Bertz CT molecular complexity index is 791. The average Bonchev–Trinajstić information content (AvgIpc) is 3.01. The van der Waals surface area contributed by atoms with Crippen molar-refractivity contribution in [3.8, 4) is 5.75 Å². The van der Waals surface area contributed by atoms with Crippen molar-refractivity contribution >= 4 is 23.5 Å². The van der Waals surface area contributed by atoms with Crippen LogP contribution in [-0.2, 0) is 22.6 Å². The van der Waals surface area contributed by atoms with Crippen LogP contribution in [0.15, 0.2) is 48.5 Å². The first-order chi connectivity index (χ1) is 12.5. The van der Waals surface area contributed by atoms with E-state index in [1.165, 1.54) is 0 Å². The maximum Gasteiger partial charge on any atom is 0.308 e. The monoisotopic (exact) mass is 373 g/mol. The van der Waals surface area contributed by atoms with Crippen molar-refractivity contribution < 1.29 is 19.4 Å². The maximum atomic E-state index is 11.9. The fourth-order valence-corrected chi connectivity index (χ4v) is 3.08. The predicted octanol–water partition coefficient (Wildman–Crippen LogP) is 3.39. The molecule has 6 heteroatoms. The highest BCUT2D eigenvalue weighted by Gasteiger charge is 2.33. The molecule has 1 amide bonds. The van der Waals surface area contributed by atoms with Gasteiger partial charge in [-0.2, -0.15) is 0 Å². The molecule has 0 aromatic heterocycles. The summed E-state index contributed by atoms with van der Waals surface area (Å²) >= 11 is 5.87. The average molecular weight is 374 g/mol. The van der Waals surface area contributed by atoms with Crippen LogP contribution in [0.1, 0.15) is 17.5 Å². The van der Waals surface area contributed by atoms with E-state index in [1.807, 2.05) is 48.5 Å². The summed E-state index contributed by atoms with van der Waals surface area (Å²) in [4.78, 5) is 24.5. The van der Waals surface area contributed by atoms with Crippen molar-refractivity contribution in [1.82, 2.24) is 4.90 Å². The SMILES string of the molecule is O=C(O)C1CC(=O)N(CCc2cccc(OCc3ccc(Cl)cc3)c2)C1. The number of rotatable bonds is 7. The van der Waals surface area contributed by atoms with Crippen LogP contribution in [0.2, 0.25) is 5.02 Å². The molecular weight excluding hydrogens is 354 g/mol. The molecule has 1 fully saturated rings. The second kappa shape index (κ2) is 8.23. The minimum absolute atomic E-state index is 0.0902. The standard InChI is InChI=1S/C20H20ClNO4/c21-17-6-4-15(5-7-17)13-26-18-3-1-2-14(10-18)8-9-22-12-16(20(24)25)11-19(22)23/h1-7,10,16H,8-9,11-13H2,(H,24,25). The van der Waals surface area contributed by atoms with Gasteiger partial charge in [0.15, 0.2) is 0 Å². The number of carboxylic acid groups (broad SMARTS) is 1. The topological polar surface area (TPSA) is 66.8 Å². The lowest BCUT2D eigenvalue weighted by Crippen LogP contribution is -2.28. The summed E-state index contributed by atoms with van der Waals surface area (Å²) in [6.07, 6.45) is 0.760. The molecule has 1 unspecified atom stereocenters. The lowest BCUT2D eigenvalue weighted by Gasteiger charge is -2.16. The van der Waals surface area contributed by atoms with E-state index in [0.717, 1.165) is 16.9 Å². The molecule has 0 spiro atoms. The third-order valence-electron chi connectivity index (χ3n) is 4.45. The van der Waals surface area contributed by atoms with Gasteiger partial charge in [0.2, 0.25) is 5.91 Å². The summed E-state index contributed by atoms with van der Waals surface area (Å²) in [7, 11) is 0. The smallest absolute Gasteiger partial charge is 0.308 e. The second-order valence-corrected chi connectivity index (χ2v) is 6.83. The zero-order valence-corrected chi connectivity index (χ0v) is 15.0. The number of carbonyl (C=O) groups is 2.